The van der Waals surface area contributed by atoms with Crippen LogP contribution in [0, 0.1) is 11.3 Å². The quantitative estimate of drug-likeness (QED) is 0.694. The van der Waals surface area contributed by atoms with Gasteiger partial charge in [-0.05, 0) is 46.5 Å². The third-order valence-electron chi connectivity index (χ3n) is 3.14. The molecule has 0 aromatic heterocycles. The summed E-state index contributed by atoms with van der Waals surface area (Å²) < 4.78 is 0. The number of carboxylic acid groups (broad SMARTS) is 1. The highest BCUT2D eigenvalue weighted by Crippen LogP contribution is 2.39. The fraction of sp³-hybridized carbons (Fsp3) is 0.818. The van der Waals surface area contributed by atoms with E-state index in [1.807, 2.05) is 13.8 Å². The number of carbonyl (C=O) groups is 2. The Morgan fingerprint density at radius 2 is 1.67 bits per heavy atom. The lowest BCUT2D eigenvalue weighted by Gasteiger charge is -2.30. The lowest BCUT2D eigenvalue weighted by molar-refractivity contribution is -0.154. The minimum atomic E-state index is -1.36. The Balaban J connectivity index is 2.66. The molecule has 1 rings (SSSR count). The molecule has 1 aliphatic rings. The number of nitrogens with one attached hydrogen (secondary N) is 1. The lowest BCUT2D eigenvalue weighted by Crippen LogP contribution is -2.52. The Morgan fingerprint density at radius 3 is 2.00 bits per heavy atom. The van der Waals surface area contributed by atoms with Crippen LogP contribution in [0.1, 0.15) is 40.5 Å². The SMILES string of the molecule is CC(C)(C(=O)O)C(=O)NC(C)(C)C1CC1. The maximum Gasteiger partial charge on any atom is 0.318 e. The van der Waals surface area contributed by atoms with Crippen LogP contribution in [0.4, 0.5) is 0 Å². The Bertz CT molecular complexity index is 290. The molecule has 0 heterocycles. The summed E-state index contributed by atoms with van der Waals surface area (Å²) in [6.07, 6.45) is 2.22. The summed E-state index contributed by atoms with van der Waals surface area (Å²) in [6, 6.07) is 0. The molecule has 0 spiro atoms. The van der Waals surface area contributed by atoms with E-state index in [-0.39, 0.29) is 5.54 Å². The number of hydrogen-bond acceptors (Lipinski definition) is 2. The summed E-state index contributed by atoms with van der Waals surface area (Å²) in [5.74, 6) is -1.01. The first-order valence-corrected chi connectivity index (χ1v) is 5.24. The van der Waals surface area contributed by atoms with Gasteiger partial charge < -0.3 is 10.4 Å². The summed E-state index contributed by atoms with van der Waals surface area (Å²) in [6.45, 7) is 6.74. The maximum atomic E-state index is 11.8. The number of amides is 1. The van der Waals surface area contributed by atoms with Gasteiger partial charge in [0.15, 0.2) is 0 Å². The molecule has 0 bridgehead atoms. The van der Waals surface area contributed by atoms with Gasteiger partial charge in [-0.2, -0.15) is 0 Å². The van der Waals surface area contributed by atoms with Gasteiger partial charge in [-0.25, -0.2) is 0 Å². The molecule has 0 unspecified atom stereocenters. The zero-order valence-electron chi connectivity index (χ0n) is 9.76. The summed E-state index contributed by atoms with van der Waals surface area (Å²) in [5.41, 5.74) is -1.64. The minimum absolute atomic E-state index is 0.288. The second kappa shape index (κ2) is 3.51. The third-order valence-corrected chi connectivity index (χ3v) is 3.14. The third kappa shape index (κ3) is 2.49. The Kier molecular flexibility index (Phi) is 2.81. The van der Waals surface area contributed by atoms with Gasteiger partial charge >= 0.3 is 5.97 Å². The predicted octanol–water partition coefficient (Wildman–Crippen LogP) is 1.40. The van der Waals surface area contributed by atoms with Crippen molar-refractivity contribution in [3.8, 4) is 0 Å². The minimum Gasteiger partial charge on any atom is -0.480 e. The van der Waals surface area contributed by atoms with Crippen LogP contribution in [0.5, 0.6) is 0 Å². The van der Waals surface area contributed by atoms with Crippen LogP contribution < -0.4 is 5.32 Å². The summed E-state index contributed by atoms with van der Waals surface area (Å²) in [5, 5.41) is 11.7. The van der Waals surface area contributed by atoms with Gasteiger partial charge in [0, 0.05) is 5.54 Å². The topological polar surface area (TPSA) is 66.4 Å². The van der Waals surface area contributed by atoms with Crippen molar-refractivity contribution in [2.75, 3.05) is 0 Å². The fourth-order valence-corrected chi connectivity index (χ4v) is 1.45. The molecule has 15 heavy (non-hydrogen) atoms. The van der Waals surface area contributed by atoms with E-state index < -0.39 is 17.3 Å². The van der Waals surface area contributed by atoms with Gasteiger partial charge in [-0.3, -0.25) is 9.59 Å². The number of carboxylic acids is 1. The predicted molar refractivity (Wildman–Crippen MR) is 56.4 cm³/mol. The first-order valence-electron chi connectivity index (χ1n) is 5.24. The monoisotopic (exact) mass is 213 g/mol. The zero-order chi connectivity index (χ0) is 11.9. The Labute approximate surface area is 90.0 Å². The van der Waals surface area contributed by atoms with Crippen molar-refractivity contribution in [2.45, 2.75) is 46.1 Å². The summed E-state index contributed by atoms with van der Waals surface area (Å²) in [4.78, 5) is 22.6. The highest BCUT2D eigenvalue weighted by Gasteiger charge is 2.43. The zero-order valence-corrected chi connectivity index (χ0v) is 9.76. The van der Waals surface area contributed by atoms with Crippen LogP contribution in [0.2, 0.25) is 0 Å². The van der Waals surface area contributed by atoms with Crippen molar-refractivity contribution < 1.29 is 14.7 Å². The van der Waals surface area contributed by atoms with Crippen LogP contribution in [-0.2, 0) is 9.59 Å². The van der Waals surface area contributed by atoms with Crippen molar-refractivity contribution in [2.24, 2.45) is 11.3 Å². The van der Waals surface area contributed by atoms with E-state index in [9.17, 15) is 9.59 Å². The van der Waals surface area contributed by atoms with Crippen molar-refractivity contribution in [3.63, 3.8) is 0 Å². The molecular weight excluding hydrogens is 194 g/mol. The van der Waals surface area contributed by atoms with Crippen molar-refractivity contribution in [1.82, 2.24) is 5.32 Å². The number of hydrogen-bond donors (Lipinski definition) is 2. The molecule has 0 saturated heterocycles. The average molecular weight is 213 g/mol. The van der Waals surface area contributed by atoms with Gasteiger partial charge in [0.1, 0.15) is 5.41 Å². The van der Waals surface area contributed by atoms with Crippen LogP contribution in [0.25, 0.3) is 0 Å². The van der Waals surface area contributed by atoms with Gasteiger partial charge in [0.2, 0.25) is 5.91 Å². The standard InChI is InChI=1S/C11H19NO3/c1-10(2,9(14)15)8(13)12-11(3,4)7-5-6-7/h7H,5-6H2,1-4H3,(H,12,13)(H,14,15). The second-order valence-electron chi connectivity index (χ2n) is 5.38. The highest BCUT2D eigenvalue weighted by molar-refractivity contribution is 6.01. The molecule has 4 heteroatoms. The van der Waals surface area contributed by atoms with E-state index in [4.69, 9.17) is 5.11 Å². The molecule has 0 aromatic rings. The second-order valence-corrected chi connectivity index (χ2v) is 5.38. The molecule has 86 valence electrons. The molecule has 2 N–H and O–H groups in total. The molecule has 1 amide bonds. The number of aliphatic carboxylic acids is 1. The first kappa shape index (κ1) is 12.0. The molecular formula is C11H19NO3. The van der Waals surface area contributed by atoms with Crippen LogP contribution >= 0.6 is 0 Å². The molecule has 0 aromatic carbocycles. The average Bonchev–Trinajstić information content (AvgIpc) is 2.84. The molecule has 0 radical (unpaired) electrons. The summed E-state index contributed by atoms with van der Waals surface area (Å²) >= 11 is 0. The normalized spacial score (nSPS) is 17.3. The van der Waals surface area contributed by atoms with Crippen molar-refractivity contribution in [1.29, 1.82) is 0 Å². The Hall–Kier alpha value is -1.06. The van der Waals surface area contributed by atoms with E-state index in [0.29, 0.717) is 5.92 Å². The van der Waals surface area contributed by atoms with E-state index in [0.717, 1.165) is 12.8 Å². The molecule has 1 aliphatic carbocycles. The van der Waals surface area contributed by atoms with E-state index >= 15 is 0 Å². The largest absolute Gasteiger partial charge is 0.480 e. The molecule has 1 fully saturated rings. The lowest BCUT2D eigenvalue weighted by atomic mass is 9.89. The maximum absolute atomic E-state index is 11.8. The van der Waals surface area contributed by atoms with E-state index in [1.54, 1.807) is 0 Å². The van der Waals surface area contributed by atoms with Crippen LogP contribution in [0.3, 0.4) is 0 Å². The van der Waals surface area contributed by atoms with E-state index in [2.05, 4.69) is 5.32 Å². The van der Waals surface area contributed by atoms with E-state index in [1.165, 1.54) is 13.8 Å². The van der Waals surface area contributed by atoms with Crippen LogP contribution in [-0.4, -0.2) is 22.5 Å². The van der Waals surface area contributed by atoms with Gasteiger partial charge in [-0.15, -0.1) is 0 Å². The molecule has 1 saturated carbocycles. The number of carbonyl (C=O) groups excluding carboxylic acids is 1. The van der Waals surface area contributed by atoms with Crippen molar-refractivity contribution in [3.05, 3.63) is 0 Å². The van der Waals surface area contributed by atoms with Crippen molar-refractivity contribution >= 4 is 11.9 Å². The Morgan fingerprint density at radius 1 is 1.20 bits per heavy atom. The fourth-order valence-electron chi connectivity index (χ4n) is 1.45. The van der Waals surface area contributed by atoms with Crippen LogP contribution in [0.15, 0.2) is 0 Å². The first-order chi connectivity index (χ1) is 6.68. The molecule has 0 atom stereocenters. The van der Waals surface area contributed by atoms with Gasteiger partial charge in [-0.1, -0.05) is 0 Å². The molecule has 4 nitrogen and oxygen atoms in total. The molecule has 0 aliphatic heterocycles. The van der Waals surface area contributed by atoms with Gasteiger partial charge in [0.25, 0.3) is 0 Å². The highest BCUT2D eigenvalue weighted by atomic mass is 16.4. The number of rotatable bonds is 4. The summed E-state index contributed by atoms with van der Waals surface area (Å²) in [7, 11) is 0. The van der Waals surface area contributed by atoms with Gasteiger partial charge in [0.05, 0.1) is 0 Å². The smallest absolute Gasteiger partial charge is 0.318 e.